The number of nitrogens with zero attached hydrogens (tertiary/aromatic N) is 2. The highest BCUT2D eigenvalue weighted by Gasteiger charge is 2.14. The summed E-state index contributed by atoms with van der Waals surface area (Å²) in [5.41, 5.74) is 5.87. The zero-order valence-corrected chi connectivity index (χ0v) is 12.2. The van der Waals surface area contributed by atoms with Gasteiger partial charge in [0, 0.05) is 10.9 Å². The highest BCUT2D eigenvalue weighted by atomic mass is 15.2. The first-order chi connectivity index (χ1) is 10.3. The van der Waals surface area contributed by atoms with Gasteiger partial charge in [-0.15, -0.1) is 0 Å². The molecule has 0 saturated carbocycles. The molecule has 0 atom stereocenters. The summed E-state index contributed by atoms with van der Waals surface area (Å²) in [4.78, 5) is 0. The van der Waals surface area contributed by atoms with Gasteiger partial charge in [-0.3, -0.25) is 0 Å². The van der Waals surface area contributed by atoms with Crippen LogP contribution >= 0.6 is 0 Å². The van der Waals surface area contributed by atoms with E-state index in [2.05, 4.69) is 66.0 Å². The fourth-order valence-corrected chi connectivity index (χ4v) is 3.12. The predicted octanol–water partition coefficient (Wildman–Crippen LogP) is 4.77. The molecule has 0 unspecified atom stereocenters. The van der Waals surface area contributed by atoms with Crippen LogP contribution in [-0.4, -0.2) is 9.61 Å². The van der Waals surface area contributed by atoms with Gasteiger partial charge in [0.05, 0.1) is 16.9 Å². The van der Waals surface area contributed by atoms with Crippen molar-refractivity contribution >= 4 is 16.3 Å². The van der Waals surface area contributed by atoms with E-state index in [1.807, 2.05) is 13.0 Å². The van der Waals surface area contributed by atoms with E-state index in [1.165, 1.54) is 33.1 Å². The van der Waals surface area contributed by atoms with Crippen molar-refractivity contribution in [3.05, 3.63) is 71.9 Å². The van der Waals surface area contributed by atoms with Crippen molar-refractivity contribution in [3.8, 4) is 11.3 Å². The zero-order chi connectivity index (χ0) is 14.4. The molecule has 0 aliphatic rings. The first-order valence-corrected chi connectivity index (χ1v) is 7.19. The molecular weight excluding hydrogens is 256 g/mol. The number of aromatic nitrogens is 2. The summed E-state index contributed by atoms with van der Waals surface area (Å²) >= 11 is 0. The maximum atomic E-state index is 4.72. The lowest BCUT2D eigenvalue weighted by Crippen LogP contribution is -1.99. The Balaban J connectivity index is 2.25. The van der Waals surface area contributed by atoms with Crippen LogP contribution in [0.2, 0.25) is 0 Å². The van der Waals surface area contributed by atoms with Gasteiger partial charge in [-0.25, -0.2) is 4.52 Å². The fraction of sp³-hybridized carbons (Fsp3) is 0.105. The molecule has 0 aliphatic carbocycles. The molecule has 102 valence electrons. The SMILES string of the molecule is Cc1cc2c3ccccc3c(C)c(-c3ccccc3)n2n1. The minimum Gasteiger partial charge on any atom is -0.232 e. The molecule has 2 nitrogen and oxygen atoms in total. The first kappa shape index (κ1) is 12.2. The molecule has 0 N–H and O–H groups in total. The monoisotopic (exact) mass is 272 g/mol. The smallest absolute Gasteiger partial charge is 0.0760 e. The van der Waals surface area contributed by atoms with Gasteiger partial charge in [0.2, 0.25) is 0 Å². The van der Waals surface area contributed by atoms with Gasteiger partial charge in [-0.2, -0.15) is 5.10 Å². The molecule has 21 heavy (non-hydrogen) atoms. The van der Waals surface area contributed by atoms with Crippen molar-refractivity contribution in [1.82, 2.24) is 9.61 Å². The normalized spacial score (nSPS) is 11.3. The fourth-order valence-electron chi connectivity index (χ4n) is 3.12. The van der Waals surface area contributed by atoms with Gasteiger partial charge in [-0.1, -0.05) is 54.6 Å². The summed E-state index contributed by atoms with van der Waals surface area (Å²) < 4.78 is 2.09. The van der Waals surface area contributed by atoms with Crippen molar-refractivity contribution in [2.75, 3.05) is 0 Å². The number of pyridine rings is 1. The molecule has 2 aromatic carbocycles. The van der Waals surface area contributed by atoms with Gasteiger partial charge >= 0.3 is 0 Å². The molecule has 0 radical (unpaired) electrons. The molecule has 2 heteroatoms. The second-order valence-corrected chi connectivity index (χ2v) is 5.47. The largest absolute Gasteiger partial charge is 0.232 e. The second kappa shape index (κ2) is 4.45. The van der Waals surface area contributed by atoms with Crippen LogP contribution in [0.1, 0.15) is 11.3 Å². The summed E-state index contributed by atoms with van der Waals surface area (Å²) in [5.74, 6) is 0. The minimum atomic E-state index is 1.04. The molecule has 0 saturated heterocycles. The number of benzene rings is 2. The van der Waals surface area contributed by atoms with Crippen molar-refractivity contribution in [2.24, 2.45) is 0 Å². The number of hydrogen-bond donors (Lipinski definition) is 0. The molecule has 2 heterocycles. The standard InChI is InChI=1S/C19H16N2/c1-13-12-18-17-11-7-6-10-16(17)14(2)19(21(18)20-13)15-8-4-3-5-9-15/h3-12H,1-2H3. The van der Waals surface area contributed by atoms with Gasteiger partial charge in [-0.05, 0) is 30.9 Å². The third-order valence-electron chi connectivity index (χ3n) is 4.05. The molecular formula is C19H16N2. The topological polar surface area (TPSA) is 17.3 Å². The Kier molecular flexibility index (Phi) is 2.58. The molecule has 4 rings (SSSR count). The van der Waals surface area contributed by atoms with Crippen LogP contribution in [0.15, 0.2) is 60.7 Å². The lowest BCUT2D eigenvalue weighted by Gasteiger charge is -2.13. The quantitative estimate of drug-likeness (QED) is 0.488. The van der Waals surface area contributed by atoms with Crippen LogP contribution in [0.4, 0.5) is 0 Å². The summed E-state index contributed by atoms with van der Waals surface area (Å²) in [5, 5.41) is 7.27. The molecule has 0 fully saturated rings. The Labute approximate surface area is 123 Å². The first-order valence-electron chi connectivity index (χ1n) is 7.19. The molecule has 0 aliphatic heterocycles. The van der Waals surface area contributed by atoms with E-state index < -0.39 is 0 Å². The lowest BCUT2D eigenvalue weighted by molar-refractivity contribution is 0.940. The Morgan fingerprint density at radius 1 is 0.810 bits per heavy atom. The van der Waals surface area contributed by atoms with E-state index in [0.29, 0.717) is 0 Å². The van der Waals surface area contributed by atoms with Crippen LogP contribution in [0.25, 0.3) is 27.5 Å². The predicted molar refractivity (Wildman–Crippen MR) is 87.6 cm³/mol. The number of rotatable bonds is 1. The third kappa shape index (κ3) is 1.76. The average Bonchev–Trinajstić information content (AvgIpc) is 2.90. The van der Waals surface area contributed by atoms with Crippen LogP contribution in [0.5, 0.6) is 0 Å². The van der Waals surface area contributed by atoms with Crippen molar-refractivity contribution < 1.29 is 0 Å². The second-order valence-electron chi connectivity index (χ2n) is 5.47. The Hall–Kier alpha value is -2.61. The van der Waals surface area contributed by atoms with Gasteiger partial charge in [0.25, 0.3) is 0 Å². The summed E-state index contributed by atoms with van der Waals surface area (Å²) in [6, 6.07) is 21.2. The van der Waals surface area contributed by atoms with E-state index in [4.69, 9.17) is 5.10 Å². The molecule has 0 bridgehead atoms. The maximum Gasteiger partial charge on any atom is 0.0760 e. The van der Waals surface area contributed by atoms with Crippen molar-refractivity contribution in [3.63, 3.8) is 0 Å². The van der Waals surface area contributed by atoms with Gasteiger partial charge < -0.3 is 0 Å². The van der Waals surface area contributed by atoms with Gasteiger partial charge in [0.15, 0.2) is 0 Å². The third-order valence-corrected chi connectivity index (χ3v) is 4.05. The Morgan fingerprint density at radius 2 is 1.48 bits per heavy atom. The van der Waals surface area contributed by atoms with Gasteiger partial charge in [0.1, 0.15) is 0 Å². The highest BCUT2D eigenvalue weighted by molar-refractivity contribution is 6.01. The minimum absolute atomic E-state index is 1.04. The summed E-state index contributed by atoms with van der Waals surface area (Å²) in [7, 11) is 0. The molecule has 0 amide bonds. The zero-order valence-electron chi connectivity index (χ0n) is 12.2. The van der Waals surface area contributed by atoms with Crippen LogP contribution in [-0.2, 0) is 0 Å². The van der Waals surface area contributed by atoms with E-state index in [-0.39, 0.29) is 0 Å². The summed E-state index contributed by atoms with van der Waals surface area (Å²) in [6.07, 6.45) is 0. The highest BCUT2D eigenvalue weighted by Crippen LogP contribution is 2.32. The van der Waals surface area contributed by atoms with E-state index in [1.54, 1.807) is 0 Å². The molecule has 0 spiro atoms. The number of fused-ring (bicyclic) bond motifs is 3. The van der Waals surface area contributed by atoms with Crippen LogP contribution < -0.4 is 0 Å². The lowest BCUT2D eigenvalue weighted by atomic mass is 10.00. The Bertz CT molecular complexity index is 950. The van der Waals surface area contributed by atoms with E-state index in [9.17, 15) is 0 Å². The number of hydrogen-bond acceptors (Lipinski definition) is 1. The average molecular weight is 272 g/mol. The maximum absolute atomic E-state index is 4.72. The van der Waals surface area contributed by atoms with Crippen molar-refractivity contribution in [2.45, 2.75) is 13.8 Å². The summed E-state index contributed by atoms with van der Waals surface area (Å²) in [6.45, 7) is 4.23. The van der Waals surface area contributed by atoms with Crippen LogP contribution in [0.3, 0.4) is 0 Å². The number of aryl methyl sites for hydroxylation is 2. The molecule has 4 aromatic rings. The van der Waals surface area contributed by atoms with E-state index in [0.717, 1.165) is 5.69 Å². The Morgan fingerprint density at radius 3 is 2.24 bits per heavy atom. The van der Waals surface area contributed by atoms with Crippen molar-refractivity contribution in [1.29, 1.82) is 0 Å². The van der Waals surface area contributed by atoms with Crippen LogP contribution in [0, 0.1) is 13.8 Å². The van der Waals surface area contributed by atoms with E-state index >= 15 is 0 Å². The molecule has 2 aromatic heterocycles.